The molecule has 19 heavy (non-hydrogen) atoms. The van der Waals surface area contributed by atoms with Gasteiger partial charge in [0.25, 0.3) is 0 Å². The molecule has 1 N–H and O–H groups in total. The van der Waals surface area contributed by atoms with Crippen molar-refractivity contribution in [1.82, 2.24) is 4.90 Å². The van der Waals surface area contributed by atoms with E-state index in [0.29, 0.717) is 12.0 Å². The number of hydrogen-bond donors (Lipinski definition) is 1. The normalized spacial score (nSPS) is 12.5. The first-order valence-corrected chi connectivity index (χ1v) is 6.67. The standard InChI is InChI=1S/C15H23NO3/c1-4-16(10-5-11-17)12(2)15(18)13-6-8-14(19-3)9-7-13/h6-9,12,17H,4-5,10-11H2,1-3H3. The summed E-state index contributed by atoms with van der Waals surface area (Å²) in [7, 11) is 1.60. The van der Waals surface area contributed by atoms with Crippen molar-refractivity contribution in [2.75, 3.05) is 26.8 Å². The number of rotatable bonds is 8. The Morgan fingerprint density at radius 2 is 2.00 bits per heavy atom. The Hall–Kier alpha value is -1.39. The van der Waals surface area contributed by atoms with Crippen LogP contribution in [0.2, 0.25) is 0 Å². The molecule has 0 aromatic heterocycles. The summed E-state index contributed by atoms with van der Waals surface area (Å²) < 4.78 is 5.08. The highest BCUT2D eigenvalue weighted by Crippen LogP contribution is 2.14. The van der Waals surface area contributed by atoms with Gasteiger partial charge in [-0.2, -0.15) is 0 Å². The molecule has 1 unspecified atom stereocenters. The second kappa shape index (κ2) is 7.92. The number of ether oxygens (including phenoxy) is 1. The predicted molar refractivity (Wildman–Crippen MR) is 75.7 cm³/mol. The van der Waals surface area contributed by atoms with Crippen LogP contribution in [0.5, 0.6) is 5.75 Å². The fraction of sp³-hybridized carbons (Fsp3) is 0.533. The number of carbonyl (C=O) groups excluding carboxylic acids is 1. The minimum atomic E-state index is -0.176. The lowest BCUT2D eigenvalue weighted by Gasteiger charge is -2.26. The first-order chi connectivity index (χ1) is 9.13. The number of aliphatic hydroxyl groups is 1. The molecule has 0 saturated heterocycles. The molecule has 0 saturated carbocycles. The molecular weight excluding hydrogens is 242 g/mol. The maximum atomic E-state index is 12.4. The third-order valence-corrected chi connectivity index (χ3v) is 3.31. The number of ketones is 1. The first kappa shape index (κ1) is 15.7. The highest BCUT2D eigenvalue weighted by molar-refractivity contribution is 5.99. The van der Waals surface area contributed by atoms with E-state index in [1.165, 1.54) is 0 Å². The fourth-order valence-corrected chi connectivity index (χ4v) is 2.06. The Kier molecular flexibility index (Phi) is 6.53. The van der Waals surface area contributed by atoms with Gasteiger partial charge in [-0.25, -0.2) is 0 Å². The molecule has 1 atom stereocenters. The smallest absolute Gasteiger partial charge is 0.179 e. The van der Waals surface area contributed by atoms with Crippen molar-refractivity contribution < 1.29 is 14.6 Å². The second-order valence-corrected chi connectivity index (χ2v) is 4.47. The molecule has 1 rings (SSSR count). The van der Waals surface area contributed by atoms with Crippen molar-refractivity contribution in [2.24, 2.45) is 0 Å². The largest absolute Gasteiger partial charge is 0.497 e. The Morgan fingerprint density at radius 3 is 2.47 bits per heavy atom. The van der Waals surface area contributed by atoms with Gasteiger partial charge in [-0.1, -0.05) is 6.92 Å². The average molecular weight is 265 g/mol. The zero-order valence-electron chi connectivity index (χ0n) is 11.9. The summed E-state index contributed by atoms with van der Waals surface area (Å²) >= 11 is 0. The summed E-state index contributed by atoms with van der Waals surface area (Å²) in [6.07, 6.45) is 0.689. The van der Waals surface area contributed by atoms with E-state index >= 15 is 0 Å². The van der Waals surface area contributed by atoms with Gasteiger partial charge in [0.05, 0.1) is 13.2 Å². The molecule has 106 valence electrons. The minimum absolute atomic E-state index is 0.0995. The van der Waals surface area contributed by atoms with E-state index in [1.807, 2.05) is 13.8 Å². The summed E-state index contributed by atoms with van der Waals surface area (Å²) in [6, 6.07) is 6.99. The van der Waals surface area contributed by atoms with Crippen LogP contribution in [0.3, 0.4) is 0 Å². The maximum Gasteiger partial charge on any atom is 0.179 e. The van der Waals surface area contributed by atoms with Crippen molar-refractivity contribution in [3.05, 3.63) is 29.8 Å². The van der Waals surface area contributed by atoms with Crippen molar-refractivity contribution in [2.45, 2.75) is 26.3 Å². The van der Waals surface area contributed by atoms with Crippen LogP contribution < -0.4 is 4.74 Å². The molecular formula is C15H23NO3. The molecule has 1 aromatic carbocycles. The number of hydrogen-bond acceptors (Lipinski definition) is 4. The van der Waals surface area contributed by atoms with E-state index in [4.69, 9.17) is 9.84 Å². The van der Waals surface area contributed by atoms with Gasteiger partial charge < -0.3 is 9.84 Å². The third kappa shape index (κ3) is 4.33. The minimum Gasteiger partial charge on any atom is -0.497 e. The average Bonchev–Trinajstić information content (AvgIpc) is 2.47. The molecule has 0 amide bonds. The first-order valence-electron chi connectivity index (χ1n) is 6.67. The summed E-state index contributed by atoms with van der Waals surface area (Å²) in [5.74, 6) is 0.847. The topological polar surface area (TPSA) is 49.8 Å². The Labute approximate surface area is 115 Å². The van der Waals surface area contributed by atoms with Gasteiger partial charge in [0, 0.05) is 18.7 Å². The molecule has 0 aliphatic rings. The lowest BCUT2D eigenvalue weighted by atomic mass is 10.0. The van der Waals surface area contributed by atoms with E-state index in [0.717, 1.165) is 18.8 Å². The molecule has 0 bridgehead atoms. The number of methoxy groups -OCH3 is 1. The molecule has 0 spiro atoms. The molecule has 0 radical (unpaired) electrons. The predicted octanol–water partition coefficient (Wildman–Crippen LogP) is 1.97. The van der Waals surface area contributed by atoms with Crippen LogP contribution in [0.15, 0.2) is 24.3 Å². The number of Topliss-reactive ketones (excluding diaryl/α,β-unsaturated/α-hetero) is 1. The molecule has 0 aliphatic heterocycles. The van der Waals surface area contributed by atoms with Gasteiger partial charge >= 0.3 is 0 Å². The van der Waals surface area contributed by atoms with Crippen molar-refractivity contribution >= 4 is 5.78 Å². The Morgan fingerprint density at radius 1 is 1.37 bits per heavy atom. The van der Waals surface area contributed by atoms with Gasteiger partial charge in [-0.3, -0.25) is 9.69 Å². The number of aliphatic hydroxyl groups excluding tert-OH is 1. The van der Waals surface area contributed by atoms with Crippen molar-refractivity contribution in [1.29, 1.82) is 0 Å². The zero-order chi connectivity index (χ0) is 14.3. The molecule has 4 nitrogen and oxygen atoms in total. The number of nitrogens with zero attached hydrogens (tertiary/aromatic N) is 1. The number of carbonyl (C=O) groups is 1. The maximum absolute atomic E-state index is 12.4. The molecule has 0 aliphatic carbocycles. The summed E-state index contributed by atoms with van der Waals surface area (Å²) in [5, 5.41) is 8.88. The SMILES string of the molecule is CCN(CCCO)C(C)C(=O)c1ccc(OC)cc1. The molecule has 0 fully saturated rings. The van der Waals surface area contributed by atoms with E-state index in [-0.39, 0.29) is 18.4 Å². The number of likely N-dealkylation sites (N-methyl/N-ethyl adjacent to an activating group) is 1. The third-order valence-electron chi connectivity index (χ3n) is 3.31. The van der Waals surface area contributed by atoms with Gasteiger partial charge in [0.2, 0.25) is 0 Å². The van der Waals surface area contributed by atoms with Crippen LogP contribution >= 0.6 is 0 Å². The van der Waals surface area contributed by atoms with Crippen LogP contribution in [0.1, 0.15) is 30.6 Å². The highest BCUT2D eigenvalue weighted by atomic mass is 16.5. The van der Waals surface area contributed by atoms with E-state index in [2.05, 4.69) is 4.90 Å². The van der Waals surface area contributed by atoms with E-state index in [1.54, 1.807) is 31.4 Å². The highest BCUT2D eigenvalue weighted by Gasteiger charge is 2.20. The lowest BCUT2D eigenvalue weighted by molar-refractivity contribution is 0.0834. The Balaban J connectivity index is 2.73. The summed E-state index contributed by atoms with van der Waals surface area (Å²) in [4.78, 5) is 14.4. The quantitative estimate of drug-likeness (QED) is 0.730. The second-order valence-electron chi connectivity index (χ2n) is 4.47. The Bertz CT molecular complexity index is 389. The van der Waals surface area contributed by atoms with E-state index in [9.17, 15) is 4.79 Å². The van der Waals surface area contributed by atoms with Crippen LogP contribution in [0.25, 0.3) is 0 Å². The van der Waals surface area contributed by atoms with E-state index < -0.39 is 0 Å². The van der Waals surface area contributed by atoms with Crippen molar-refractivity contribution in [3.8, 4) is 5.75 Å². The van der Waals surface area contributed by atoms with Gasteiger partial charge in [-0.15, -0.1) is 0 Å². The van der Waals surface area contributed by atoms with Gasteiger partial charge in [0.1, 0.15) is 5.75 Å². The van der Waals surface area contributed by atoms with Crippen LogP contribution in [-0.2, 0) is 0 Å². The number of benzene rings is 1. The van der Waals surface area contributed by atoms with Crippen LogP contribution in [-0.4, -0.2) is 48.6 Å². The summed E-state index contributed by atoms with van der Waals surface area (Å²) in [5.41, 5.74) is 0.691. The van der Waals surface area contributed by atoms with Crippen LogP contribution in [0.4, 0.5) is 0 Å². The monoisotopic (exact) mass is 265 g/mol. The van der Waals surface area contributed by atoms with Crippen LogP contribution in [0, 0.1) is 0 Å². The lowest BCUT2D eigenvalue weighted by Crippen LogP contribution is -2.39. The molecule has 4 heteroatoms. The zero-order valence-corrected chi connectivity index (χ0v) is 11.9. The molecule has 0 heterocycles. The molecule has 1 aromatic rings. The van der Waals surface area contributed by atoms with Gasteiger partial charge in [-0.05, 0) is 44.2 Å². The summed E-state index contributed by atoms with van der Waals surface area (Å²) in [6.45, 7) is 5.61. The van der Waals surface area contributed by atoms with Gasteiger partial charge in [0.15, 0.2) is 5.78 Å². The van der Waals surface area contributed by atoms with Crippen molar-refractivity contribution in [3.63, 3.8) is 0 Å². The fourth-order valence-electron chi connectivity index (χ4n) is 2.06.